The zero-order valence-corrected chi connectivity index (χ0v) is 16.3. The predicted octanol–water partition coefficient (Wildman–Crippen LogP) is 3.95. The Hall–Kier alpha value is -3.19. The normalized spacial score (nSPS) is 19.0. The monoisotopic (exact) mass is 392 g/mol. The van der Waals surface area contributed by atoms with E-state index in [2.05, 4.69) is 10.3 Å². The van der Waals surface area contributed by atoms with Gasteiger partial charge in [0.1, 0.15) is 5.82 Å². The Balaban J connectivity index is 1.72. The van der Waals surface area contributed by atoms with Gasteiger partial charge >= 0.3 is 5.97 Å². The van der Waals surface area contributed by atoms with E-state index in [0.717, 1.165) is 42.8 Å². The molecule has 7 heteroatoms. The number of aliphatic hydroxyl groups is 1. The lowest BCUT2D eigenvalue weighted by molar-refractivity contribution is 0.0601. The van der Waals surface area contributed by atoms with Crippen molar-refractivity contribution < 1.29 is 14.6 Å². The number of hydrogen-bond donors (Lipinski definition) is 2. The molecule has 1 fully saturated rings. The second-order valence-electron chi connectivity index (χ2n) is 7.23. The van der Waals surface area contributed by atoms with Crippen molar-refractivity contribution in [1.82, 2.24) is 14.8 Å². The van der Waals surface area contributed by atoms with E-state index in [1.54, 1.807) is 18.5 Å². The highest BCUT2D eigenvalue weighted by Gasteiger charge is 2.25. The molecule has 0 spiro atoms. The molecule has 7 nitrogen and oxygen atoms in total. The van der Waals surface area contributed by atoms with Crippen LogP contribution in [0.2, 0.25) is 0 Å². The van der Waals surface area contributed by atoms with Crippen molar-refractivity contribution in [2.75, 3.05) is 12.4 Å². The van der Waals surface area contributed by atoms with Crippen molar-refractivity contribution in [3.05, 3.63) is 60.4 Å². The van der Waals surface area contributed by atoms with Crippen LogP contribution in [0.1, 0.15) is 42.1 Å². The lowest BCUT2D eigenvalue weighted by Gasteiger charge is -2.27. The largest absolute Gasteiger partial charge is 0.465 e. The molecule has 150 valence electrons. The average molecular weight is 392 g/mol. The molecule has 2 aromatic heterocycles. The van der Waals surface area contributed by atoms with E-state index in [1.807, 2.05) is 41.1 Å². The topological polar surface area (TPSA) is 89.3 Å². The molecule has 1 saturated carbocycles. The molecule has 1 aliphatic rings. The first kappa shape index (κ1) is 19.1. The number of carbonyl (C=O) groups excluding carboxylic acids is 1. The molecule has 29 heavy (non-hydrogen) atoms. The first-order chi connectivity index (χ1) is 14.2. The zero-order chi connectivity index (χ0) is 20.2. The Morgan fingerprint density at radius 2 is 1.93 bits per heavy atom. The second-order valence-corrected chi connectivity index (χ2v) is 7.23. The summed E-state index contributed by atoms with van der Waals surface area (Å²) in [6, 6.07) is 13.8. The third-order valence-electron chi connectivity index (χ3n) is 5.31. The quantitative estimate of drug-likeness (QED) is 0.639. The molecule has 0 amide bonds. The Kier molecular flexibility index (Phi) is 5.57. The Morgan fingerprint density at radius 3 is 2.66 bits per heavy atom. The molecule has 4 rings (SSSR count). The minimum atomic E-state index is -0.426. The summed E-state index contributed by atoms with van der Waals surface area (Å²) >= 11 is 0. The Morgan fingerprint density at radius 1 is 1.17 bits per heavy atom. The summed E-state index contributed by atoms with van der Waals surface area (Å²) < 4.78 is 6.87. The first-order valence-electron chi connectivity index (χ1n) is 9.78. The highest BCUT2D eigenvalue weighted by molar-refractivity contribution is 5.96. The van der Waals surface area contributed by atoms with Gasteiger partial charge in [-0.25, -0.2) is 9.48 Å². The van der Waals surface area contributed by atoms with Gasteiger partial charge in [0.15, 0.2) is 0 Å². The van der Waals surface area contributed by atoms with Crippen molar-refractivity contribution in [3.8, 4) is 11.3 Å². The fraction of sp³-hybridized carbons (Fsp3) is 0.318. The van der Waals surface area contributed by atoms with Crippen LogP contribution < -0.4 is 5.32 Å². The Bertz CT molecular complexity index is 979. The van der Waals surface area contributed by atoms with Gasteiger partial charge in [0, 0.05) is 17.8 Å². The number of pyridine rings is 1. The third-order valence-corrected chi connectivity index (χ3v) is 5.31. The smallest absolute Gasteiger partial charge is 0.340 e. The number of ether oxygens (including phenoxy) is 1. The third kappa shape index (κ3) is 4.14. The van der Waals surface area contributed by atoms with Crippen molar-refractivity contribution in [3.63, 3.8) is 0 Å². The maximum absolute atomic E-state index is 12.1. The van der Waals surface area contributed by atoms with E-state index in [4.69, 9.17) is 9.84 Å². The maximum Gasteiger partial charge on any atom is 0.340 e. The van der Waals surface area contributed by atoms with Gasteiger partial charge in [-0.15, -0.1) is 0 Å². The van der Waals surface area contributed by atoms with E-state index in [1.165, 1.54) is 7.11 Å². The van der Waals surface area contributed by atoms with Gasteiger partial charge in [0.2, 0.25) is 0 Å². The summed E-state index contributed by atoms with van der Waals surface area (Å²) in [7, 11) is 1.36. The van der Waals surface area contributed by atoms with E-state index in [-0.39, 0.29) is 12.1 Å². The van der Waals surface area contributed by atoms with Crippen LogP contribution in [0.15, 0.2) is 54.9 Å². The number of methoxy groups -OCH3 is 1. The van der Waals surface area contributed by atoms with Crippen LogP contribution in [-0.2, 0) is 4.74 Å². The first-order valence-corrected chi connectivity index (χ1v) is 9.78. The van der Waals surface area contributed by atoms with Gasteiger partial charge in [0.05, 0.1) is 42.4 Å². The predicted molar refractivity (Wildman–Crippen MR) is 110 cm³/mol. The van der Waals surface area contributed by atoms with Gasteiger partial charge < -0.3 is 15.2 Å². The Labute approximate surface area is 169 Å². The average Bonchev–Trinajstić information content (AvgIpc) is 3.18. The standard InChI is InChI=1S/C22H24N4O3/c1-29-22(28)18-11-12-23-14-20(18)24-21-13-19(15-5-3-2-4-6-15)25-26(21)16-7-9-17(27)10-8-16/h2-6,11-14,16-17,24,27H,7-10H2,1H3/t16-,17+. The maximum atomic E-state index is 12.1. The minimum absolute atomic E-state index is 0.177. The van der Waals surface area contributed by atoms with Crippen molar-refractivity contribution in [2.45, 2.75) is 37.8 Å². The fourth-order valence-corrected chi connectivity index (χ4v) is 3.74. The number of nitrogens with zero attached hydrogens (tertiary/aromatic N) is 3. The molecular weight excluding hydrogens is 368 g/mol. The number of rotatable bonds is 5. The summed E-state index contributed by atoms with van der Waals surface area (Å²) in [5.74, 6) is 0.355. The highest BCUT2D eigenvalue weighted by atomic mass is 16.5. The molecule has 3 aromatic rings. The van der Waals surface area contributed by atoms with Crippen LogP contribution in [0, 0.1) is 0 Å². The lowest BCUT2D eigenvalue weighted by Crippen LogP contribution is -2.22. The molecule has 0 bridgehead atoms. The van der Waals surface area contributed by atoms with Crippen LogP contribution in [0.3, 0.4) is 0 Å². The van der Waals surface area contributed by atoms with E-state index < -0.39 is 5.97 Å². The van der Waals surface area contributed by atoms with E-state index in [9.17, 15) is 9.90 Å². The fourth-order valence-electron chi connectivity index (χ4n) is 3.74. The van der Waals surface area contributed by atoms with Crippen LogP contribution in [0.4, 0.5) is 11.5 Å². The number of aromatic nitrogens is 3. The number of aliphatic hydroxyl groups excluding tert-OH is 1. The van der Waals surface area contributed by atoms with Crippen molar-refractivity contribution in [2.24, 2.45) is 0 Å². The van der Waals surface area contributed by atoms with Gasteiger partial charge in [-0.2, -0.15) is 5.10 Å². The molecule has 0 saturated heterocycles. The number of anilines is 2. The minimum Gasteiger partial charge on any atom is -0.465 e. The number of carbonyl (C=O) groups is 1. The van der Waals surface area contributed by atoms with E-state index >= 15 is 0 Å². The van der Waals surface area contributed by atoms with Gasteiger partial charge in [-0.3, -0.25) is 4.98 Å². The van der Waals surface area contributed by atoms with Crippen molar-refractivity contribution in [1.29, 1.82) is 0 Å². The molecule has 0 radical (unpaired) electrons. The molecule has 0 aliphatic heterocycles. The van der Waals surface area contributed by atoms with Crippen LogP contribution in [0.25, 0.3) is 11.3 Å². The second kappa shape index (κ2) is 8.45. The number of hydrogen-bond acceptors (Lipinski definition) is 6. The summed E-state index contributed by atoms with van der Waals surface area (Å²) in [5, 5.41) is 18.1. The molecule has 2 heterocycles. The molecule has 0 unspecified atom stereocenters. The SMILES string of the molecule is COC(=O)c1ccncc1Nc1cc(-c2ccccc2)nn1[C@H]1CC[C@@H](O)CC1. The van der Waals surface area contributed by atoms with Gasteiger partial charge in [-0.1, -0.05) is 30.3 Å². The number of nitrogens with one attached hydrogen (secondary N) is 1. The molecule has 0 atom stereocenters. The van der Waals surface area contributed by atoms with Crippen LogP contribution in [0.5, 0.6) is 0 Å². The number of benzene rings is 1. The van der Waals surface area contributed by atoms with Gasteiger partial charge in [-0.05, 0) is 31.7 Å². The van der Waals surface area contributed by atoms with Crippen molar-refractivity contribution >= 4 is 17.5 Å². The van der Waals surface area contributed by atoms with Gasteiger partial charge in [0.25, 0.3) is 0 Å². The summed E-state index contributed by atoms with van der Waals surface area (Å²) in [6.07, 6.45) is 6.14. The summed E-state index contributed by atoms with van der Waals surface area (Å²) in [6.45, 7) is 0. The molecular formula is C22H24N4O3. The number of esters is 1. The lowest BCUT2D eigenvalue weighted by atomic mass is 9.93. The van der Waals surface area contributed by atoms with E-state index in [0.29, 0.717) is 11.3 Å². The van der Waals surface area contributed by atoms with Crippen LogP contribution >= 0.6 is 0 Å². The molecule has 1 aliphatic carbocycles. The van der Waals surface area contributed by atoms with Crippen LogP contribution in [-0.4, -0.2) is 39.1 Å². The molecule has 2 N–H and O–H groups in total. The summed E-state index contributed by atoms with van der Waals surface area (Å²) in [5.41, 5.74) is 2.85. The summed E-state index contributed by atoms with van der Waals surface area (Å²) in [4.78, 5) is 16.3. The zero-order valence-electron chi connectivity index (χ0n) is 16.3. The highest BCUT2D eigenvalue weighted by Crippen LogP contribution is 2.34. The molecule has 1 aromatic carbocycles.